The maximum atomic E-state index is 12.0. The second-order valence-corrected chi connectivity index (χ2v) is 5.33. The van der Waals surface area contributed by atoms with Gasteiger partial charge in [0.2, 0.25) is 0 Å². The largest absolute Gasteiger partial charge is 0.375 e. The van der Waals surface area contributed by atoms with Gasteiger partial charge in [-0.25, -0.2) is 10.4 Å². The van der Waals surface area contributed by atoms with Gasteiger partial charge >= 0.3 is 0 Å². The van der Waals surface area contributed by atoms with Crippen LogP contribution in [0.1, 0.15) is 27.5 Å². The molecule has 6 nitrogen and oxygen atoms in total. The van der Waals surface area contributed by atoms with E-state index >= 15 is 0 Å². The van der Waals surface area contributed by atoms with Crippen molar-refractivity contribution in [1.29, 1.82) is 0 Å². The second kappa shape index (κ2) is 4.51. The molecule has 1 aliphatic rings. The molecule has 3 rings (SSSR count). The van der Waals surface area contributed by atoms with Crippen molar-refractivity contribution in [3.8, 4) is 0 Å². The molecule has 1 aliphatic heterocycles. The molecular formula is C12H13N5OS. The van der Waals surface area contributed by atoms with Crippen molar-refractivity contribution in [2.75, 3.05) is 5.73 Å². The van der Waals surface area contributed by atoms with Crippen LogP contribution in [0.3, 0.4) is 0 Å². The highest BCUT2D eigenvalue weighted by atomic mass is 32.1. The van der Waals surface area contributed by atoms with Gasteiger partial charge in [-0.05, 0) is 19.1 Å². The number of nitrogen functional groups attached to an aromatic ring is 1. The predicted molar refractivity (Wildman–Crippen MR) is 74.3 cm³/mol. The number of aryl methyl sites for hydroxylation is 2. The molecule has 0 atom stereocenters. The Kier molecular flexibility index (Phi) is 2.83. The van der Waals surface area contributed by atoms with Gasteiger partial charge in [0.05, 0.1) is 17.1 Å². The first-order chi connectivity index (χ1) is 9.15. The van der Waals surface area contributed by atoms with E-state index in [1.54, 1.807) is 6.92 Å². The Labute approximate surface area is 114 Å². The topological polar surface area (TPSA) is 85.3 Å². The van der Waals surface area contributed by atoms with Gasteiger partial charge in [-0.15, -0.1) is 0 Å². The molecule has 0 fully saturated rings. The lowest BCUT2D eigenvalue weighted by Crippen LogP contribution is -2.19. The first-order valence-corrected chi connectivity index (χ1v) is 6.72. The molecule has 0 saturated heterocycles. The van der Waals surface area contributed by atoms with E-state index in [-0.39, 0.29) is 5.91 Å². The third kappa shape index (κ3) is 2.12. The van der Waals surface area contributed by atoms with Crippen LogP contribution in [0.4, 0.5) is 5.13 Å². The summed E-state index contributed by atoms with van der Waals surface area (Å²) in [7, 11) is 0. The molecule has 3 N–H and O–H groups in total. The number of hydrogen-bond donors (Lipinski definition) is 2. The highest BCUT2D eigenvalue weighted by Crippen LogP contribution is 2.20. The third-order valence-electron chi connectivity index (χ3n) is 3.03. The van der Waals surface area contributed by atoms with Gasteiger partial charge < -0.3 is 10.3 Å². The standard InChI is InChI=1S/C12H13N5OS/c1-7-10(19-12(13)14-7)11(18)16-15-8-4-6-17-5-2-3-9(8)17/h2-3,5H,4,6H2,1H3,(H2,13,14)(H,16,18)/b15-8-. The summed E-state index contributed by atoms with van der Waals surface area (Å²) in [6, 6.07) is 3.97. The maximum Gasteiger partial charge on any atom is 0.283 e. The fraction of sp³-hybridized carbons (Fsp3) is 0.250. The van der Waals surface area contributed by atoms with Crippen molar-refractivity contribution in [1.82, 2.24) is 15.0 Å². The number of nitrogens with two attached hydrogens (primary N) is 1. The van der Waals surface area contributed by atoms with Crippen molar-refractivity contribution in [3.63, 3.8) is 0 Å². The number of hydrogen-bond acceptors (Lipinski definition) is 5. The number of thiazole rings is 1. The predicted octanol–water partition coefficient (Wildman–Crippen LogP) is 1.37. The molecule has 0 saturated carbocycles. The molecule has 2 aromatic heterocycles. The SMILES string of the molecule is Cc1nc(N)sc1C(=O)N/N=C1/CCn2cccc21. The molecule has 19 heavy (non-hydrogen) atoms. The summed E-state index contributed by atoms with van der Waals surface area (Å²) in [5, 5.41) is 4.59. The van der Waals surface area contributed by atoms with E-state index < -0.39 is 0 Å². The molecule has 0 unspecified atom stereocenters. The number of anilines is 1. The molecule has 0 aliphatic carbocycles. The van der Waals surface area contributed by atoms with Crippen LogP contribution in [-0.2, 0) is 6.54 Å². The van der Waals surface area contributed by atoms with Crippen LogP contribution in [0.2, 0.25) is 0 Å². The minimum absolute atomic E-state index is 0.260. The zero-order chi connectivity index (χ0) is 13.4. The van der Waals surface area contributed by atoms with E-state index in [1.165, 1.54) is 11.3 Å². The summed E-state index contributed by atoms with van der Waals surface area (Å²) in [4.78, 5) is 16.5. The molecule has 98 valence electrons. The van der Waals surface area contributed by atoms with Gasteiger partial charge in [0.1, 0.15) is 4.88 Å². The Morgan fingerprint density at radius 1 is 1.63 bits per heavy atom. The quantitative estimate of drug-likeness (QED) is 0.812. The van der Waals surface area contributed by atoms with E-state index in [2.05, 4.69) is 20.1 Å². The number of fused-ring (bicyclic) bond motifs is 1. The summed E-state index contributed by atoms with van der Waals surface area (Å²) in [6.45, 7) is 2.67. The van der Waals surface area contributed by atoms with Crippen LogP contribution in [0.5, 0.6) is 0 Å². The molecule has 3 heterocycles. The van der Waals surface area contributed by atoms with Crippen LogP contribution in [0.15, 0.2) is 23.4 Å². The molecule has 0 aromatic carbocycles. The van der Waals surface area contributed by atoms with Crippen LogP contribution < -0.4 is 11.2 Å². The number of carbonyl (C=O) groups is 1. The van der Waals surface area contributed by atoms with Crippen LogP contribution in [0.25, 0.3) is 0 Å². The molecule has 0 bridgehead atoms. The van der Waals surface area contributed by atoms with Crippen molar-refractivity contribution in [2.45, 2.75) is 19.9 Å². The zero-order valence-corrected chi connectivity index (χ0v) is 11.2. The van der Waals surface area contributed by atoms with Crippen molar-refractivity contribution >= 4 is 28.1 Å². The lowest BCUT2D eigenvalue weighted by Gasteiger charge is -1.99. The number of amides is 1. The molecule has 0 spiro atoms. The van der Waals surface area contributed by atoms with E-state index in [9.17, 15) is 4.79 Å². The molecule has 7 heteroatoms. The van der Waals surface area contributed by atoms with Gasteiger partial charge in [0, 0.05) is 19.2 Å². The average molecular weight is 275 g/mol. The Morgan fingerprint density at radius 3 is 3.21 bits per heavy atom. The Hall–Kier alpha value is -2.15. The fourth-order valence-corrected chi connectivity index (χ4v) is 2.86. The Balaban J connectivity index is 1.77. The number of hydrazone groups is 1. The molecule has 2 aromatic rings. The third-order valence-corrected chi connectivity index (χ3v) is 4.01. The summed E-state index contributed by atoms with van der Waals surface area (Å²) in [6.07, 6.45) is 2.84. The van der Waals surface area contributed by atoms with E-state index in [0.29, 0.717) is 15.7 Å². The minimum atomic E-state index is -0.260. The lowest BCUT2D eigenvalue weighted by atomic mass is 10.2. The van der Waals surface area contributed by atoms with Crippen molar-refractivity contribution in [3.05, 3.63) is 34.6 Å². The van der Waals surface area contributed by atoms with E-state index in [4.69, 9.17) is 5.73 Å². The monoisotopic (exact) mass is 275 g/mol. The van der Waals surface area contributed by atoms with Gasteiger partial charge in [0.15, 0.2) is 5.13 Å². The van der Waals surface area contributed by atoms with Crippen LogP contribution in [0, 0.1) is 6.92 Å². The van der Waals surface area contributed by atoms with Gasteiger partial charge in [0.25, 0.3) is 5.91 Å². The first kappa shape index (κ1) is 11.9. The summed E-state index contributed by atoms with van der Waals surface area (Å²) in [5.41, 5.74) is 10.7. The average Bonchev–Trinajstić information content (AvgIpc) is 3.02. The molecule has 1 amide bonds. The maximum absolute atomic E-state index is 12.0. The summed E-state index contributed by atoms with van der Waals surface area (Å²) in [5.74, 6) is -0.260. The molecular weight excluding hydrogens is 262 g/mol. The highest BCUT2D eigenvalue weighted by Gasteiger charge is 2.18. The normalized spacial score (nSPS) is 15.7. The van der Waals surface area contributed by atoms with E-state index in [0.717, 1.165) is 24.4 Å². The number of nitrogens with one attached hydrogen (secondary N) is 1. The summed E-state index contributed by atoms with van der Waals surface area (Å²) < 4.78 is 2.11. The van der Waals surface area contributed by atoms with Gasteiger partial charge in [-0.1, -0.05) is 11.3 Å². The Bertz CT molecular complexity index is 669. The van der Waals surface area contributed by atoms with Gasteiger partial charge in [-0.3, -0.25) is 4.79 Å². The second-order valence-electron chi connectivity index (χ2n) is 4.30. The van der Waals surface area contributed by atoms with E-state index in [1.807, 2.05) is 18.3 Å². The number of nitrogens with zero attached hydrogens (tertiary/aromatic N) is 3. The van der Waals surface area contributed by atoms with Crippen LogP contribution in [-0.4, -0.2) is 21.2 Å². The Morgan fingerprint density at radius 2 is 2.47 bits per heavy atom. The van der Waals surface area contributed by atoms with Crippen molar-refractivity contribution < 1.29 is 4.79 Å². The van der Waals surface area contributed by atoms with Crippen LogP contribution >= 0.6 is 11.3 Å². The minimum Gasteiger partial charge on any atom is -0.375 e. The summed E-state index contributed by atoms with van der Waals surface area (Å²) >= 11 is 1.17. The fourth-order valence-electron chi connectivity index (χ4n) is 2.14. The molecule has 0 radical (unpaired) electrons. The number of carbonyl (C=O) groups excluding carboxylic acids is 1. The van der Waals surface area contributed by atoms with Gasteiger partial charge in [-0.2, -0.15) is 5.10 Å². The highest BCUT2D eigenvalue weighted by molar-refractivity contribution is 7.17. The van der Waals surface area contributed by atoms with Crippen molar-refractivity contribution in [2.24, 2.45) is 5.10 Å². The zero-order valence-electron chi connectivity index (χ0n) is 10.4. The smallest absolute Gasteiger partial charge is 0.283 e. The number of aromatic nitrogens is 2. The number of rotatable bonds is 2. The lowest BCUT2D eigenvalue weighted by molar-refractivity contribution is 0.0958. The first-order valence-electron chi connectivity index (χ1n) is 5.90.